The van der Waals surface area contributed by atoms with E-state index in [1.165, 1.54) is 44.9 Å². The highest BCUT2D eigenvalue weighted by atomic mass is 16.2. The fourth-order valence-electron chi connectivity index (χ4n) is 7.68. The zero-order valence-electron chi connectivity index (χ0n) is 27.1. The van der Waals surface area contributed by atoms with Gasteiger partial charge in [0.1, 0.15) is 11.5 Å². The molecule has 3 fully saturated rings. The van der Waals surface area contributed by atoms with E-state index in [1.54, 1.807) is 7.05 Å². The lowest BCUT2D eigenvalue weighted by molar-refractivity contribution is -0.147. The summed E-state index contributed by atoms with van der Waals surface area (Å²) in [6.45, 7) is 2.98. The van der Waals surface area contributed by atoms with Crippen molar-refractivity contribution in [2.45, 2.75) is 75.8 Å². The summed E-state index contributed by atoms with van der Waals surface area (Å²) in [4.78, 5) is 46.3. The van der Waals surface area contributed by atoms with Crippen molar-refractivity contribution >= 4 is 17.7 Å². The fourth-order valence-corrected chi connectivity index (χ4v) is 7.68. The summed E-state index contributed by atoms with van der Waals surface area (Å²) in [7, 11) is 1.58. The molecule has 0 unspecified atom stereocenters. The Morgan fingerprint density at radius 1 is 0.761 bits per heavy atom. The van der Waals surface area contributed by atoms with Gasteiger partial charge in [-0.1, -0.05) is 117 Å². The predicted octanol–water partition coefficient (Wildman–Crippen LogP) is 5.56. The molecule has 242 valence electrons. The number of nitrogens with zero attached hydrogens (tertiary/aromatic N) is 2. The van der Waals surface area contributed by atoms with Crippen LogP contribution in [0.25, 0.3) is 11.1 Å². The van der Waals surface area contributed by atoms with Crippen molar-refractivity contribution in [3.8, 4) is 11.1 Å². The Morgan fingerprint density at radius 3 is 1.98 bits per heavy atom. The summed E-state index contributed by atoms with van der Waals surface area (Å²) in [5, 5.41) is 5.77. The minimum absolute atomic E-state index is 0.0981. The van der Waals surface area contributed by atoms with Gasteiger partial charge in [0.25, 0.3) is 0 Å². The van der Waals surface area contributed by atoms with Crippen LogP contribution in [0.2, 0.25) is 0 Å². The van der Waals surface area contributed by atoms with Gasteiger partial charge in [-0.2, -0.15) is 0 Å². The summed E-state index contributed by atoms with van der Waals surface area (Å²) in [6.07, 6.45) is 9.84. The number of amides is 3. The minimum atomic E-state index is -1.20. The maximum Gasteiger partial charge on any atom is 0.242 e. The molecule has 3 aromatic rings. The number of carbonyl (C=O) groups is 3. The molecule has 3 amide bonds. The molecular formula is C39H48N4O3. The van der Waals surface area contributed by atoms with E-state index in [2.05, 4.69) is 27.7 Å². The van der Waals surface area contributed by atoms with Gasteiger partial charge < -0.3 is 15.5 Å². The second-order valence-electron chi connectivity index (χ2n) is 13.4. The van der Waals surface area contributed by atoms with E-state index in [0.717, 1.165) is 35.3 Å². The monoisotopic (exact) mass is 620 g/mol. The van der Waals surface area contributed by atoms with E-state index in [1.807, 2.05) is 77.7 Å². The Bertz CT molecular complexity index is 1460. The molecule has 1 aliphatic heterocycles. The number of nitrogens with one attached hydrogen (secondary N) is 2. The van der Waals surface area contributed by atoms with Gasteiger partial charge in [-0.3, -0.25) is 19.3 Å². The smallest absolute Gasteiger partial charge is 0.242 e. The van der Waals surface area contributed by atoms with E-state index < -0.39 is 11.5 Å². The third-order valence-corrected chi connectivity index (χ3v) is 10.5. The van der Waals surface area contributed by atoms with Crippen LogP contribution in [0, 0.1) is 5.41 Å². The number of piperazine rings is 1. The number of rotatable bonds is 9. The molecule has 2 saturated carbocycles. The highest BCUT2D eigenvalue weighted by Crippen LogP contribution is 2.60. The van der Waals surface area contributed by atoms with E-state index >= 15 is 0 Å². The molecular weight excluding hydrogens is 572 g/mol. The number of hydrogen-bond acceptors (Lipinski definition) is 4. The quantitative estimate of drug-likeness (QED) is 0.307. The third-order valence-electron chi connectivity index (χ3n) is 10.5. The zero-order valence-corrected chi connectivity index (χ0v) is 27.1. The Balaban J connectivity index is 1.17. The normalized spacial score (nSPS) is 23.1. The molecule has 0 bridgehead atoms. The molecule has 1 saturated heterocycles. The highest BCUT2D eigenvalue weighted by molar-refractivity contribution is 6.10. The Hall–Kier alpha value is -3.97. The molecule has 7 nitrogen and oxygen atoms in total. The van der Waals surface area contributed by atoms with Crippen molar-refractivity contribution in [3.63, 3.8) is 0 Å². The van der Waals surface area contributed by atoms with Crippen LogP contribution in [0.15, 0.2) is 84.9 Å². The summed E-state index contributed by atoms with van der Waals surface area (Å²) in [5.74, 6) is -0.921. The van der Waals surface area contributed by atoms with Gasteiger partial charge in [0.2, 0.25) is 17.7 Å². The first-order chi connectivity index (χ1) is 22.5. The van der Waals surface area contributed by atoms with Crippen molar-refractivity contribution in [1.29, 1.82) is 0 Å². The van der Waals surface area contributed by atoms with Crippen LogP contribution in [0.3, 0.4) is 0 Å². The largest absolute Gasteiger partial charge is 0.357 e. The minimum Gasteiger partial charge on any atom is -0.357 e. The zero-order chi connectivity index (χ0) is 31.9. The lowest BCUT2D eigenvalue weighted by Gasteiger charge is -2.41. The van der Waals surface area contributed by atoms with Crippen molar-refractivity contribution in [3.05, 3.63) is 96.1 Å². The average Bonchev–Trinajstić information content (AvgIpc) is 3.86. The molecule has 2 aliphatic carbocycles. The van der Waals surface area contributed by atoms with Gasteiger partial charge in [-0.15, -0.1) is 0 Å². The van der Waals surface area contributed by atoms with Crippen LogP contribution in [-0.2, 0) is 20.8 Å². The lowest BCUT2D eigenvalue weighted by Crippen LogP contribution is -2.57. The van der Waals surface area contributed by atoms with E-state index in [4.69, 9.17) is 0 Å². The maximum atomic E-state index is 14.4. The van der Waals surface area contributed by atoms with Crippen LogP contribution >= 0.6 is 0 Å². The first-order valence-corrected chi connectivity index (χ1v) is 17.2. The van der Waals surface area contributed by atoms with E-state index in [-0.39, 0.29) is 23.6 Å². The molecule has 0 aromatic heterocycles. The van der Waals surface area contributed by atoms with Gasteiger partial charge >= 0.3 is 0 Å². The van der Waals surface area contributed by atoms with Gasteiger partial charge in [-0.25, -0.2) is 0 Å². The van der Waals surface area contributed by atoms with Gasteiger partial charge in [0, 0.05) is 51.6 Å². The maximum absolute atomic E-state index is 14.4. The number of likely N-dealkylation sites (N-methyl/N-ethyl adjacent to an activating group) is 1. The molecule has 3 aromatic carbocycles. The highest BCUT2D eigenvalue weighted by Gasteiger charge is 2.67. The van der Waals surface area contributed by atoms with E-state index in [9.17, 15) is 14.4 Å². The third kappa shape index (κ3) is 7.05. The summed E-state index contributed by atoms with van der Waals surface area (Å²) < 4.78 is 0. The molecule has 1 heterocycles. The number of hydrogen-bond donors (Lipinski definition) is 2. The van der Waals surface area contributed by atoms with Gasteiger partial charge in [0.05, 0.1) is 0 Å². The molecule has 0 spiro atoms. The van der Waals surface area contributed by atoms with Crippen molar-refractivity contribution in [2.75, 3.05) is 33.2 Å². The van der Waals surface area contributed by atoms with Crippen LogP contribution in [-0.4, -0.2) is 72.8 Å². The Morgan fingerprint density at radius 2 is 1.35 bits per heavy atom. The van der Waals surface area contributed by atoms with Crippen molar-refractivity contribution in [2.24, 2.45) is 5.41 Å². The molecule has 7 heteroatoms. The van der Waals surface area contributed by atoms with Crippen molar-refractivity contribution < 1.29 is 14.4 Å². The van der Waals surface area contributed by atoms with Crippen molar-refractivity contribution in [1.82, 2.24) is 20.4 Å². The van der Waals surface area contributed by atoms with E-state index in [0.29, 0.717) is 32.0 Å². The predicted molar refractivity (Wildman–Crippen MR) is 182 cm³/mol. The van der Waals surface area contributed by atoms with Gasteiger partial charge in [0.15, 0.2) is 0 Å². The first-order valence-electron chi connectivity index (χ1n) is 17.2. The Labute approximate surface area is 273 Å². The SMILES string of the molecule is CNC(=O)[C@@H](Cc1ccc(-c2ccccc2)cc1)NC(=O)[C@@]1(C(=O)N2CCN(C3CCCCCCC3)CC2)C[C@H]1c1ccccc1. The lowest BCUT2D eigenvalue weighted by atomic mass is 9.93. The second kappa shape index (κ2) is 14.6. The fraction of sp³-hybridized carbons (Fsp3) is 0.462. The van der Waals surface area contributed by atoms with Crippen LogP contribution in [0.5, 0.6) is 0 Å². The standard InChI is InChI=1S/C39H48N4O3/c1-40-36(44)35(27-29-19-21-31(22-20-29)30-13-7-5-8-14-30)41-37(45)39(28-34(39)32-15-9-6-10-16-32)38(46)43-25-23-42(24-26-43)33-17-11-3-2-4-12-18-33/h5-10,13-16,19-22,33-35H,2-4,11-12,17-18,23-28H2,1H3,(H,40,44)(H,41,45)/t34-,35+,39+/m0/s1. The average molecular weight is 621 g/mol. The first kappa shape index (κ1) is 32.0. The summed E-state index contributed by atoms with van der Waals surface area (Å²) in [5.41, 5.74) is 2.94. The van der Waals surface area contributed by atoms with Crippen LogP contribution in [0.4, 0.5) is 0 Å². The number of benzene rings is 3. The number of carbonyl (C=O) groups excluding carboxylic acids is 3. The molecule has 6 rings (SSSR count). The molecule has 3 atom stereocenters. The summed E-state index contributed by atoms with van der Waals surface area (Å²) in [6, 6.07) is 27.9. The van der Waals surface area contributed by atoms with Crippen LogP contribution < -0.4 is 10.6 Å². The molecule has 3 aliphatic rings. The topological polar surface area (TPSA) is 81.8 Å². The second-order valence-corrected chi connectivity index (χ2v) is 13.4. The summed E-state index contributed by atoms with van der Waals surface area (Å²) >= 11 is 0. The Kier molecular flexibility index (Phi) is 10.2. The van der Waals surface area contributed by atoms with Crippen LogP contribution in [0.1, 0.15) is 68.4 Å². The molecule has 2 N–H and O–H groups in total. The molecule has 0 radical (unpaired) electrons. The molecule has 46 heavy (non-hydrogen) atoms. The van der Waals surface area contributed by atoms with Gasteiger partial charge in [-0.05, 0) is 41.5 Å².